The molecule has 2 atom stereocenters. The fourth-order valence-electron chi connectivity index (χ4n) is 3.12. The third-order valence-electron chi connectivity index (χ3n) is 4.57. The molecule has 3 heterocycles. The number of nitrogens with one attached hydrogen (secondary N) is 2. The van der Waals surface area contributed by atoms with Gasteiger partial charge in [0.1, 0.15) is 0 Å². The summed E-state index contributed by atoms with van der Waals surface area (Å²) in [5, 5.41) is 9.88. The van der Waals surface area contributed by atoms with Gasteiger partial charge in [-0.15, -0.1) is 0 Å². The van der Waals surface area contributed by atoms with Crippen LogP contribution >= 0.6 is 0 Å². The number of aromatic nitrogens is 3. The molecule has 2 aromatic rings. The maximum atomic E-state index is 12.7. The lowest BCUT2D eigenvalue weighted by Gasteiger charge is -2.30. The molecule has 1 fully saturated rings. The normalized spacial score (nSPS) is 19.5. The Labute approximate surface area is 157 Å². The number of rotatable bonds is 5. The Kier molecular flexibility index (Phi) is 5.80. The number of carbonyl (C=O) groups is 2. The Hall–Kier alpha value is -2.81. The van der Waals surface area contributed by atoms with Crippen molar-refractivity contribution in [1.29, 1.82) is 0 Å². The number of amides is 2. The molecule has 0 bridgehead atoms. The van der Waals surface area contributed by atoms with Crippen molar-refractivity contribution in [1.82, 2.24) is 25.3 Å². The second kappa shape index (κ2) is 8.26. The van der Waals surface area contributed by atoms with E-state index in [1.807, 2.05) is 19.1 Å². The molecule has 0 spiro atoms. The monoisotopic (exact) mass is 372 g/mol. The molecule has 3 rings (SSSR count). The average molecular weight is 372 g/mol. The van der Waals surface area contributed by atoms with Gasteiger partial charge in [0.25, 0.3) is 0 Å². The van der Waals surface area contributed by atoms with Crippen LogP contribution in [-0.4, -0.2) is 52.0 Å². The van der Waals surface area contributed by atoms with Crippen molar-refractivity contribution in [3.8, 4) is 0 Å². The molecule has 1 aliphatic rings. The molecule has 0 saturated carbocycles. The topological polar surface area (TPSA) is 113 Å². The molecule has 2 N–H and O–H groups in total. The van der Waals surface area contributed by atoms with Gasteiger partial charge in [-0.3, -0.25) is 14.6 Å². The van der Waals surface area contributed by atoms with Crippen molar-refractivity contribution in [2.45, 2.75) is 26.8 Å². The number of carbonyl (C=O) groups excluding carboxylic acids is 2. The van der Waals surface area contributed by atoms with Crippen LogP contribution in [0.5, 0.6) is 0 Å². The third kappa shape index (κ3) is 4.88. The zero-order valence-corrected chi connectivity index (χ0v) is 15.7. The van der Waals surface area contributed by atoms with Crippen LogP contribution < -0.4 is 10.6 Å². The minimum absolute atomic E-state index is 0.0422. The van der Waals surface area contributed by atoms with Crippen molar-refractivity contribution in [2.24, 2.45) is 11.8 Å². The zero-order valence-electron chi connectivity index (χ0n) is 15.7. The minimum atomic E-state index is -0.283. The number of hydrogen-bond donors (Lipinski definition) is 2. The zero-order chi connectivity index (χ0) is 19.4. The van der Waals surface area contributed by atoms with Crippen LogP contribution in [0.3, 0.4) is 0 Å². The molecule has 0 aromatic carbocycles. The van der Waals surface area contributed by atoms with Gasteiger partial charge in [0.15, 0.2) is 5.82 Å². The van der Waals surface area contributed by atoms with E-state index in [9.17, 15) is 9.59 Å². The molecular weight excluding hydrogens is 348 g/mol. The van der Waals surface area contributed by atoms with Crippen LogP contribution in [0.15, 0.2) is 22.9 Å². The fraction of sp³-hybridized carbons (Fsp3) is 0.500. The highest BCUT2D eigenvalue weighted by atomic mass is 16.5. The summed E-state index contributed by atoms with van der Waals surface area (Å²) in [5.41, 5.74) is 1.54. The van der Waals surface area contributed by atoms with Gasteiger partial charge in [-0.1, -0.05) is 5.16 Å². The molecule has 2 aromatic heterocycles. The van der Waals surface area contributed by atoms with Crippen LogP contribution in [0, 0.1) is 25.7 Å². The number of pyridine rings is 1. The van der Waals surface area contributed by atoms with E-state index in [2.05, 4.69) is 25.8 Å². The summed E-state index contributed by atoms with van der Waals surface area (Å²) in [7, 11) is 1.70. The highest BCUT2D eigenvalue weighted by Crippen LogP contribution is 2.21. The first-order valence-corrected chi connectivity index (χ1v) is 8.90. The van der Waals surface area contributed by atoms with E-state index in [0.717, 1.165) is 5.69 Å². The number of piperidine rings is 1. The van der Waals surface area contributed by atoms with Gasteiger partial charge in [-0.05, 0) is 25.5 Å². The Bertz CT molecular complexity index is 804. The fourth-order valence-corrected chi connectivity index (χ4v) is 3.12. The number of hydrogen-bond acceptors (Lipinski definition) is 7. The maximum absolute atomic E-state index is 12.7. The second-order valence-electron chi connectivity index (χ2n) is 6.89. The molecule has 0 aliphatic carbocycles. The summed E-state index contributed by atoms with van der Waals surface area (Å²) in [6.07, 6.45) is 2.12. The van der Waals surface area contributed by atoms with E-state index < -0.39 is 0 Å². The first-order chi connectivity index (χ1) is 12.9. The summed E-state index contributed by atoms with van der Waals surface area (Å²) < 4.78 is 4.93. The molecular formula is C18H24N6O3. The quantitative estimate of drug-likeness (QED) is 0.802. The van der Waals surface area contributed by atoms with Gasteiger partial charge < -0.3 is 20.1 Å². The Morgan fingerprint density at radius 3 is 2.74 bits per heavy atom. The highest BCUT2D eigenvalue weighted by Gasteiger charge is 2.32. The predicted molar refractivity (Wildman–Crippen MR) is 97.6 cm³/mol. The van der Waals surface area contributed by atoms with Gasteiger partial charge in [-0.2, -0.15) is 4.98 Å². The Balaban J connectivity index is 1.56. The highest BCUT2D eigenvalue weighted by molar-refractivity contribution is 5.93. The number of aryl methyl sites for hydroxylation is 2. The van der Waals surface area contributed by atoms with Crippen molar-refractivity contribution >= 4 is 17.5 Å². The molecule has 1 saturated heterocycles. The lowest BCUT2D eigenvalue weighted by atomic mass is 9.89. The SMILES string of the molecule is Cc1ccc(NC(=O)[C@H]2CNC[C@@H](C(=O)N(C)Cc3noc(C)n3)C2)cn1. The van der Waals surface area contributed by atoms with Gasteiger partial charge in [0.2, 0.25) is 17.7 Å². The van der Waals surface area contributed by atoms with Crippen molar-refractivity contribution in [2.75, 3.05) is 25.5 Å². The van der Waals surface area contributed by atoms with Crippen molar-refractivity contribution in [3.05, 3.63) is 35.7 Å². The molecule has 144 valence electrons. The van der Waals surface area contributed by atoms with Gasteiger partial charge >= 0.3 is 0 Å². The van der Waals surface area contributed by atoms with Crippen LogP contribution in [0.2, 0.25) is 0 Å². The minimum Gasteiger partial charge on any atom is -0.340 e. The molecule has 27 heavy (non-hydrogen) atoms. The molecule has 0 unspecified atom stereocenters. The predicted octanol–water partition coefficient (Wildman–Crippen LogP) is 0.904. The van der Waals surface area contributed by atoms with Crippen LogP contribution in [-0.2, 0) is 16.1 Å². The Morgan fingerprint density at radius 1 is 1.30 bits per heavy atom. The van der Waals surface area contributed by atoms with Gasteiger partial charge in [0, 0.05) is 32.8 Å². The Morgan fingerprint density at radius 2 is 2.07 bits per heavy atom. The van der Waals surface area contributed by atoms with Crippen LogP contribution in [0.25, 0.3) is 0 Å². The van der Waals surface area contributed by atoms with E-state index in [0.29, 0.717) is 36.9 Å². The summed E-state index contributed by atoms with van der Waals surface area (Å²) in [6, 6.07) is 3.66. The van der Waals surface area contributed by atoms with E-state index in [4.69, 9.17) is 4.52 Å². The first-order valence-electron chi connectivity index (χ1n) is 8.90. The lowest BCUT2D eigenvalue weighted by Crippen LogP contribution is -2.47. The molecule has 9 heteroatoms. The largest absolute Gasteiger partial charge is 0.340 e. The van der Waals surface area contributed by atoms with Gasteiger partial charge in [0.05, 0.1) is 30.3 Å². The molecule has 1 aliphatic heterocycles. The number of nitrogens with zero attached hydrogens (tertiary/aromatic N) is 4. The average Bonchev–Trinajstić information content (AvgIpc) is 3.07. The van der Waals surface area contributed by atoms with Crippen LogP contribution in [0.4, 0.5) is 5.69 Å². The van der Waals surface area contributed by atoms with E-state index in [-0.39, 0.29) is 30.2 Å². The number of anilines is 1. The van der Waals surface area contributed by atoms with Crippen LogP contribution in [0.1, 0.15) is 23.8 Å². The van der Waals surface area contributed by atoms with Gasteiger partial charge in [-0.25, -0.2) is 0 Å². The summed E-state index contributed by atoms with van der Waals surface area (Å²) in [4.78, 5) is 35.1. The molecule has 9 nitrogen and oxygen atoms in total. The summed E-state index contributed by atoms with van der Waals surface area (Å²) in [6.45, 7) is 4.96. The van der Waals surface area contributed by atoms with Crippen molar-refractivity contribution < 1.29 is 14.1 Å². The van der Waals surface area contributed by atoms with E-state index in [1.54, 1.807) is 25.1 Å². The smallest absolute Gasteiger partial charge is 0.228 e. The molecule has 2 amide bonds. The lowest BCUT2D eigenvalue weighted by molar-refractivity contribution is -0.136. The molecule has 0 radical (unpaired) electrons. The third-order valence-corrected chi connectivity index (χ3v) is 4.57. The van der Waals surface area contributed by atoms with E-state index in [1.165, 1.54) is 0 Å². The summed E-state index contributed by atoms with van der Waals surface area (Å²) in [5.74, 6) is 0.223. The first kappa shape index (κ1) is 19.0. The second-order valence-corrected chi connectivity index (χ2v) is 6.89. The summed E-state index contributed by atoms with van der Waals surface area (Å²) >= 11 is 0. The van der Waals surface area contributed by atoms with E-state index >= 15 is 0 Å². The maximum Gasteiger partial charge on any atom is 0.228 e. The standard InChI is InChI=1S/C18H24N6O3/c1-11-4-5-15(9-20-11)22-17(25)13-6-14(8-19-7-13)18(26)24(3)10-16-21-12(2)27-23-16/h4-5,9,13-14,19H,6-8,10H2,1-3H3,(H,22,25)/t13-,14+/m1/s1. The van der Waals surface area contributed by atoms with Crippen molar-refractivity contribution in [3.63, 3.8) is 0 Å².